The van der Waals surface area contributed by atoms with Crippen LogP contribution in [0.1, 0.15) is 71.1 Å². The van der Waals surface area contributed by atoms with E-state index in [0.717, 1.165) is 19.1 Å². The highest BCUT2D eigenvalue weighted by atomic mass is 16.5. The molecule has 0 unspecified atom stereocenters. The zero-order valence-electron chi connectivity index (χ0n) is 11.6. The SMILES string of the molecule is CCOCCCCCCCCCCCC1C=C1. The molecular formula is C16H30O. The molecule has 0 fully saturated rings. The number of hydrogen-bond donors (Lipinski definition) is 0. The van der Waals surface area contributed by atoms with Gasteiger partial charge in [0.1, 0.15) is 0 Å². The van der Waals surface area contributed by atoms with Crippen molar-refractivity contribution in [2.45, 2.75) is 71.1 Å². The van der Waals surface area contributed by atoms with Gasteiger partial charge in [-0.3, -0.25) is 0 Å². The van der Waals surface area contributed by atoms with Crippen LogP contribution in [-0.2, 0) is 4.74 Å². The van der Waals surface area contributed by atoms with Crippen molar-refractivity contribution in [3.05, 3.63) is 12.2 Å². The van der Waals surface area contributed by atoms with Crippen molar-refractivity contribution < 1.29 is 4.74 Å². The van der Waals surface area contributed by atoms with Gasteiger partial charge < -0.3 is 4.74 Å². The molecule has 0 atom stereocenters. The third-order valence-corrected chi connectivity index (χ3v) is 3.49. The molecule has 0 saturated heterocycles. The van der Waals surface area contributed by atoms with Crippen molar-refractivity contribution in [2.24, 2.45) is 5.92 Å². The summed E-state index contributed by atoms with van der Waals surface area (Å²) in [6, 6.07) is 0. The fourth-order valence-corrected chi connectivity index (χ4v) is 2.24. The number of ether oxygens (including phenoxy) is 1. The van der Waals surface area contributed by atoms with Crippen molar-refractivity contribution in [2.75, 3.05) is 13.2 Å². The van der Waals surface area contributed by atoms with E-state index in [1.807, 2.05) is 0 Å². The Kier molecular flexibility index (Phi) is 9.40. The van der Waals surface area contributed by atoms with Gasteiger partial charge in [0.15, 0.2) is 0 Å². The summed E-state index contributed by atoms with van der Waals surface area (Å²) in [6.45, 7) is 3.90. The maximum Gasteiger partial charge on any atom is 0.0465 e. The first-order valence-electron chi connectivity index (χ1n) is 7.69. The minimum absolute atomic E-state index is 0.871. The van der Waals surface area contributed by atoms with Gasteiger partial charge in [-0.2, -0.15) is 0 Å². The van der Waals surface area contributed by atoms with Gasteiger partial charge in [0.2, 0.25) is 0 Å². The molecule has 0 aromatic carbocycles. The summed E-state index contributed by atoms with van der Waals surface area (Å²) in [6.07, 6.45) is 18.7. The van der Waals surface area contributed by atoms with Gasteiger partial charge in [-0.25, -0.2) is 0 Å². The van der Waals surface area contributed by atoms with E-state index >= 15 is 0 Å². The topological polar surface area (TPSA) is 9.23 Å². The average Bonchev–Trinajstić information content (AvgIpc) is 3.15. The molecule has 1 aliphatic rings. The summed E-state index contributed by atoms with van der Waals surface area (Å²) in [5.74, 6) is 0.889. The van der Waals surface area contributed by atoms with Crippen LogP contribution in [0.3, 0.4) is 0 Å². The van der Waals surface area contributed by atoms with Crippen LogP contribution in [0.4, 0.5) is 0 Å². The summed E-state index contributed by atoms with van der Waals surface area (Å²) < 4.78 is 5.32. The van der Waals surface area contributed by atoms with Crippen molar-refractivity contribution >= 4 is 0 Å². The first-order chi connectivity index (χ1) is 8.43. The Labute approximate surface area is 108 Å². The zero-order valence-corrected chi connectivity index (χ0v) is 11.6. The largest absolute Gasteiger partial charge is 0.382 e. The van der Waals surface area contributed by atoms with E-state index in [1.165, 1.54) is 64.2 Å². The molecule has 0 bridgehead atoms. The minimum atomic E-state index is 0.871. The third kappa shape index (κ3) is 10.6. The van der Waals surface area contributed by atoms with Crippen molar-refractivity contribution in [1.82, 2.24) is 0 Å². The van der Waals surface area contributed by atoms with Crippen LogP contribution in [0.25, 0.3) is 0 Å². The molecule has 0 spiro atoms. The maximum absolute atomic E-state index is 5.32. The van der Waals surface area contributed by atoms with Gasteiger partial charge in [-0.15, -0.1) is 0 Å². The van der Waals surface area contributed by atoms with E-state index in [0.29, 0.717) is 0 Å². The van der Waals surface area contributed by atoms with Gasteiger partial charge in [0.25, 0.3) is 0 Å². The second-order valence-electron chi connectivity index (χ2n) is 5.22. The number of allylic oxidation sites excluding steroid dienone is 2. The molecule has 100 valence electrons. The van der Waals surface area contributed by atoms with Crippen molar-refractivity contribution in [1.29, 1.82) is 0 Å². The first-order valence-corrected chi connectivity index (χ1v) is 7.69. The second-order valence-corrected chi connectivity index (χ2v) is 5.22. The maximum atomic E-state index is 5.32. The minimum Gasteiger partial charge on any atom is -0.382 e. The molecular weight excluding hydrogens is 208 g/mol. The number of hydrogen-bond acceptors (Lipinski definition) is 1. The van der Waals surface area contributed by atoms with Crippen LogP contribution < -0.4 is 0 Å². The van der Waals surface area contributed by atoms with Gasteiger partial charge in [-0.05, 0) is 25.7 Å². The molecule has 1 rings (SSSR count). The monoisotopic (exact) mass is 238 g/mol. The van der Waals surface area contributed by atoms with E-state index < -0.39 is 0 Å². The Morgan fingerprint density at radius 1 is 0.765 bits per heavy atom. The van der Waals surface area contributed by atoms with Gasteiger partial charge in [0, 0.05) is 13.2 Å². The second kappa shape index (κ2) is 10.8. The Balaban J connectivity index is 1.61. The van der Waals surface area contributed by atoms with E-state index in [4.69, 9.17) is 4.74 Å². The number of rotatable bonds is 13. The van der Waals surface area contributed by atoms with Crippen LogP contribution in [0.15, 0.2) is 12.2 Å². The molecule has 0 saturated carbocycles. The van der Waals surface area contributed by atoms with Gasteiger partial charge >= 0.3 is 0 Å². The predicted octanol–water partition coefficient (Wildman–Crippen LogP) is 5.11. The van der Waals surface area contributed by atoms with Crippen LogP contribution in [0.5, 0.6) is 0 Å². The first kappa shape index (κ1) is 14.8. The molecule has 0 heterocycles. The summed E-state index contributed by atoms with van der Waals surface area (Å²) >= 11 is 0. The lowest BCUT2D eigenvalue weighted by Crippen LogP contribution is -1.92. The lowest BCUT2D eigenvalue weighted by Gasteiger charge is -2.03. The predicted molar refractivity (Wildman–Crippen MR) is 75.3 cm³/mol. The smallest absolute Gasteiger partial charge is 0.0465 e. The summed E-state index contributed by atoms with van der Waals surface area (Å²) in [5, 5.41) is 0. The number of unbranched alkanes of at least 4 members (excludes halogenated alkanes) is 8. The molecule has 0 N–H and O–H groups in total. The molecule has 0 aromatic rings. The van der Waals surface area contributed by atoms with Crippen LogP contribution in [0, 0.1) is 5.92 Å². The third-order valence-electron chi connectivity index (χ3n) is 3.49. The molecule has 1 aliphatic carbocycles. The lowest BCUT2D eigenvalue weighted by atomic mass is 10.1. The summed E-state index contributed by atoms with van der Waals surface area (Å²) in [7, 11) is 0. The lowest BCUT2D eigenvalue weighted by molar-refractivity contribution is 0.143. The Morgan fingerprint density at radius 2 is 1.29 bits per heavy atom. The van der Waals surface area contributed by atoms with E-state index in [-0.39, 0.29) is 0 Å². The molecule has 0 radical (unpaired) electrons. The molecule has 17 heavy (non-hydrogen) atoms. The fraction of sp³-hybridized carbons (Fsp3) is 0.875. The average molecular weight is 238 g/mol. The van der Waals surface area contributed by atoms with E-state index in [1.54, 1.807) is 0 Å². The van der Waals surface area contributed by atoms with E-state index in [2.05, 4.69) is 19.1 Å². The Hall–Kier alpha value is -0.300. The Bertz CT molecular complexity index is 180. The summed E-state index contributed by atoms with van der Waals surface area (Å²) in [4.78, 5) is 0. The van der Waals surface area contributed by atoms with E-state index in [9.17, 15) is 0 Å². The zero-order chi connectivity index (χ0) is 12.2. The fourth-order valence-electron chi connectivity index (χ4n) is 2.24. The molecule has 0 amide bonds. The normalized spacial score (nSPS) is 14.4. The van der Waals surface area contributed by atoms with Gasteiger partial charge in [0.05, 0.1) is 0 Å². The highest BCUT2D eigenvalue weighted by Crippen LogP contribution is 2.23. The van der Waals surface area contributed by atoms with Gasteiger partial charge in [-0.1, -0.05) is 63.5 Å². The van der Waals surface area contributed by atoms with Crippen LogP contribution in [0.2, 0.25) is 0 Å². The standard InChI is InChI=1S/C16H30O/c1-2-17-15-11-9-7-5-3-4-6-8-10-12-16-13-14-16/h13-14,16H,2-12,15H2,1H3. The molecule has 0 aliphatic heterocycles. The van der Waals surface area contributed by atoms with Crippen molar-refractivity contribution in [3.8, 4) is 0 Å². The quantitative estimate of drug-likeness (QED) is 0.320. The summed E-state index contributed by atoms with van der Waals surface area (Å²) in [5.41, 5.74) is 0. The highest BCUT2D eigenvalue weighted by Gasteiger charge is 2.08. The molecule has 1 heteroatoms. The highest BCUT2D eigenvalue weighted by molar-refractivity contribution is 5.12. The van der Waals surface area contributed by atoms with Crippen LogP contribution in [-0.4, -0.2) is 13.2 Å². The molecule has 1 nitrogen and oxygen atoms in total. The molecule has 0 aromatic heterocycles. The van der Waals surface area contributed by atoms with Crippen LogP contribution >= 0.6 is 0 Å². The Morgan fingerprint density at radius 3 is 1.82 bits per heavy atom. The van der Waals surface area contributed by atoms with Crippen molar-refractivity contribution in [3.63, 3.8) is 0 Å².